The summed E-state index contributed by atoms with van der Waals surface area (Å²) in [6.07, 6.45) is 0. The lowest BCUT2D eigenvalue weighted by Gasteiger charge is -1.97. The second kappa shape index (κ2) is 4.97. The average molecular weight is 265 g/mol. The highest BCUT2D eigenvalue weighted by molar-refractivity contribution is 6.06. The van der Waals surface area contributed by atoms with E-state index < -0.39 is 5.69 Å². The molecule has 1 heterocycles. The fourth-order valence-electron chi connectivity index (χ4n) is 1.90. The summed E-state index contributed by atoms with van der Waals surface area (Å²) in [6, 6.07) is 17.7. The third-order valence-electron chi connectivity index (χ3n) is 2.87. The number of hydrogen-bond donors (Lipinski definition) is 1. The third kappa shape index (κ3) is 2.16. The van der Waals surface area contributed by atoms with Crippen molar-refractivity contribution in [1.82, 2.24) is 14.8 Å². The molecule has 5 heteroatoms. The molecule has 0 unspecified atom stereocenters. The van der Waals surface area contributed by atoms with Crippen molar-refractivity contribution in [2.45, 2.75) is 0 Å². The Labute approximate surface area is 114 Å². The molecule has 2 aromatic carbocycles. The third-order valence-corrected chi connectivity index (χ3v) is 2.87. The van der Waals surface area contributed by atoms with E-state index >= 15 is 0 Å². The van der Waals surface area contributed by atoms with E-state index in [1.165, 1.54) is 4.68 Å². The highest BCUT2D eigenvalue weighted by atomic mass is 16.2. The summed E-state index contributed by atoms with van der Waals surface area (Å²) in [5.41, 5.74) is 0.665. The maximum atomic E-state index is 12.2. The molecule has 3 aromatic rings. The van der Waals surface area contributed by atoms with Crippen molar-refractivity contribution in [3.8, 4) is 5.69 Å². The van der Waals surface area contributed by atoms with Crippen molar-refractivity contribution in [3.05, 3.63) is 82.5 Å². The van der Waals surface area contributed by atoms with Gasteiger partial charge in [-0.15, -0.1) is 5.10 Å². The molecule has 0 aliphatic heterocycles. The molecule has 5 nitrogen and oxygen atoms in total. The van der Waals surface area contributed by atoms with E-state index in [1.807, 2.05) is 12.1 Å². The summed E-state index contributed by atoms with van der Waals surface area (Å²) >= 11 is 0. The maximum Gasteiger partial charge on any atom is 0.348 e. The molecule has 0 fully saturated rings. The fraction of sp³-hybridized carbons (Fsp3) is 0. The lowest BCUT2D eigenvalue weighted by atomic mass is 10.1. The van der Waals surface area contributed by atoms with E-state index in [1.54, 1.807) is 48.5 Å². The van der Waals surface area contributed by atoms with Gasteiger partial charge >= 0.3 is 5.69 Å². The van der Waals surface area contributed by atoms with Gasteiger partial charge in [-0.2, -0.15) is 4.68 Å². The van der Waals surface area contributed by atoms with Crippen LogP contribution in [0.15, 0.2) is 65.5 Å². The van der Waals surface area contributed by atoms with Gasteiger partial charge in [-0.1, -0.05) is 48.5 Å². The molecule has 0 bridgehead atoms. The standard InChI is InChI=1S/C15H11N3O2/c19-13(11-7-3-1-4-8-11)14-16-15(20)18(17-14)12-9-5-2-6-10-12/h1-10H,(H,16,17,20). The molecular formula is C15H11N3O2. The summed E-state index contributed by atoms with van der Waals surface area (Å²) in [7, 11) is 0. The van der Waals surface area contributed by atoms with Crippen molar-refractivity contribution in [1.29, 1.82) is 0 Å². The predicted molar refractivity (Wildman–Crippen MR) is 74.1 cm³/mol. The van der Waals surface area contributed by atoms with E-state index in [0.717, 1.165) is 0 Å². The van der Waals surface area contributed by atoms with Gasteiger partial charge in [0.1, 0.15) is 0 Å². The Bertz CT molecular complexity index is 789. The van der Waals surface area contributed by atoms with E-state index in [0.29, 0.717) is 11.3 Å². The van der Waals surface area contributed by atoms with Gasteiger partial charge in [0.15, 0.2) is 0 Å². The molecule has 0 saturated heterocycles. The number of para-hydroxylation sites is 1. The van der Waals surface area contributed by atoms with Crippen LogP contribution in [0.1, 0.15) is 16.2 Å². The van der Waals surface area contributed by atoms with Gasteiger partial charge in [-0.05, 0) is 12.1 Å². The fourth-order valence-corrected chi connectivity index (χ4v) is 1.90. The Morgan fingerprint density at radius 1 is 0.950 bits per heavy atom. The van der Waals surface area contributed by atoms with Crippen molar-refractivity contribution in [2.75, 3.05) is 0 Å². The van der Waals surface area contributed by atoms with Gasteiger partial charge in [0.05, 0.1) is 5.69 Å². The van der Waals surface area contributed by atoms with Gasteiger partial charge in [0, 0.05) is 5.56 Å². The first-order valence-corrected chi connectivity index (χ1v) is 6.10. The first kappa shape index (κ1) is 12.1. The van der Waals surface area contributed by atoms with E-state index in [4.69, 9.17) is 0 Å². The van der Waals surface area contributed by atoms with E-state index in [9.17, 15) is 9.59 Å². The minimum atomic E-state index is -0.435. The van der Waals surface area contributed by atoms with Crippen LogP contribution in [0.25, 0.3) is 5.69 Å². The van der Waals surface area contributed by atoms with Crippen LogP contribution in [0.3, 0.4) is 0 Å². The highest BCUT2D eigenvalue weighted by Gasteiger charge is 2.15. The lowest BCUT2D eigenvalue weighted by Crippen LogP contribution is -2.15. The van der Waals surface area contributed by atoms with Crippen molar-refractivity contribution in [3.63, 3.8) is 0 Å². The maximum absolute atomic E-state index is 12.2. The molecule has 0 saturated carbocycles. The Balaban J connectivity index is 2.02. The number of hydrogen-bond acceptors (Lipinski definition) is 3. The summed E-state index contributed by atoms with van der Waals surface area (Å²) in [5, 5.41) is 4.06. The average Bonchev–Trinajstić information content (AvgIpc) is 2.90. The molecular weight excluding hydrogens is 254 g/mol. The Morgan fingerprint density at radius 2 is 1.55 bits per heavy atom. The number of rotatable bonds is 3. The number of benzene rings is 2. The first-order valence-electron chi connectivity index (χ1n) is 6.10. The largest absolute Gasteiger partial charge is 0.348 e. The summed E-state index contributed by atoms with van der Waals surface area (Å²) < 4.78 is 1.18. The van der Waals surface area contributed by atoms with Crippen LogP contribution in [0, 0.1) is 0 Å². The van der Waals surface area contributed by atoms with Crippen LogP contribution in [0.4, 0.5) is 0 Å². The van der Waals surface area contributed by atoms with Gasteiger partial charge in [-0.3, -0.25) is 9.78 Å². The normalized spacial score (nSPS) is 10.4. The van der Waals surface area contributed by atoms with Crippen LogP contribution in [-0.2, 0) is 0 Å². The highest BCUT2D eigenvalue weighted by Crippen LogP contribution is 2.06. The number of nitrogens with zero attached hydrogens (tertiary/aromatic N) is 2. The number of ketones is 1. The molecule has 3 rings (SSSR count). The first-order chi connectivity index (χ1) is 9.75. The monoisotopic (exact) mass is 265 g/mol. The number of aromatic nitrogens is 3. The molecule has 1 aromatic heterocycles. The van der Waals surface area contributed by atoms with Crippen LogP contribution in [0.2, 0.25) is 0 Å². The van der Waals surface area contributed by atoms with E-state index in [2.05, 4.69) is 10.1 Å². The SMILES string of the molecule is O=C(c1ccccc1)c1nn(-c2ccccc2)c(=O)[nH]1. The van der Waals surface area contributed by atoms with E-state index in [-0.39, 0.29) is 11.6 Å². The lowest BCUT2D eigenvalue weighted by molar-refractivity contribution is 0.102. The minimum Gasteiger partial charge on any atom is -0.286 e. The summed E-state index contributed by atoms with van der Waals surface area (Å²) in [5.74, 6) is -0.276. The minimum absolute atomic E-state index is 0.0325. The number of aromatic amines is 1. The molecule has 1 N–H and O–H groups in total. The quantitative estimate of drug-likeness (QED) is 0.734. The second-order valence-electron chi connectivity index (χ2n) is 4.22. The molecule has 0 aliphatic rings. The summed E-state index contributed by atoms with van der Waals surface area (Å²) in [4.78, 5) is 26.6. The molecule has 0 atom stereocenters. The Hall–Kier alpha value is -2.95. The van der Waals surface area contributed by atoms with Crippen LogP contribution in [-0.4, -0.2) is 20.5 Å². The molecule has 0 radical (unpaired) electrons. The van der Waals surface area contributed by atoms with Crippen molar-refractivity contribution >= 4 is 5.78 Å². The predicted octanol–water partition coefficient (Wildman–Crippen LogP) is 1.79. The van der Waals surface area contributed by atoms with Crippen molar-refractivity contribution in [2.24, 2.45) is 0 Å². The van der Waals surface area contributed by atoms with Gasteiger partial charge in [-0.25, -0.2) is 4.79 Å². The zero-order valence-corrected chi connectivity index (χ0v) is 10.5. The van der Waals surface area contributed by atoms with Crippen LogP contribution in [0.5, 0.6) is 0 Å². The molecule has 0 amide bonds. The Kier molecular flexibility index (Phi) is 3.01. The van der Waals surface area contributed by atoms with Crippen molar-refractivity contribution < 1.29 is 4.79 Å². The van der Waals surface area contributed by atoms with Gasteiger partial charge in [0.25, 0.3) is 0 Å². The second-order valence-corrected chi connectivity index (χ2v) is 4.22. The zero-order chi connectivity index (χ0) is 13.9. The number of carbonyl (C=O) groups is 1. The van der Waals surface area contributed by atoms with Crippen LogP contribution < -0.4 is 5.69 Å². The summed E-state index contributed by atoms with van der Waals surface area (Å²) in [6.45, 7) is 0. The van der Waals surface area contributed by atoms with Gasteiger partial charge < -0.3 is 0 Å². The van der Waals surface area contributed by atoms with Crippen LogP contribution >= 0.6 is 0 Å². The number of H-pyrrole nitrogens is 1. The molecule has 98 valence electrons. The molecule has 0 spiro atoms. The topological polar surface area (TPSA) is 67.8 Å². The zero-order valence-electron chi connectivity index (χ0n) is 10.5. The number of nitrogens with one attached hydrogen (secondary N) is 1. The molecule has 0 aliphatic carbocycles. The number of carbonyl (C=O) groups excluding carboxylic acids is 1. The Morgan fingerprint density at radius 3 is 2.20 bits per heavy atom. The van der Waals surface area contributed by atoms with Gasteiger partial charge in [0.2, 0.25) is 11.6 Å². The smallest absolute Gasteiger partial charge is 0.286 e. The molecule has 20 heavy (non-hydrogen) atoms.